The van der Waals surface area contributed by atoms with Crippen LogP contribution in [0.15, 0.2) is 29.3 Å². The molecule has 0 amide bonds. The lowest BCUT2D eigenvalue weighted by atomic mass is 9.90. The number of hydrogen-bond acceptors (Lipinski definition) is 4. The van der Waals surface area contributed by atoms with E-state index in [4.69, 9.17) is 9.47 Å². The standard InChI is InChI=1S/C21H34N4O2.HI/c1-16(15-25-9-11-26-12-10-25)14-23-20(22-4)24-18-13-21(2,3)27-19-8-6-5-7-17(18)19;/h5-8,16,18H,9-15H2,1-4H3,(H2,22,23,24);1H. The van der Waals surface area contributed by atoms with Crippen LogP contribution in [0.4, 0.5) is 0 Å². The highest BCUT2D eigenvalue weighted by molar-refractivity contribution is 14.0. The molecule has 0 aliphatic carbocycles. The fraction of sp³-hybridized carbons (Fsp3) is 0.667. The van der Waals surface area contributed by atoms with Gasteiger partial charge in [-0.3, -0.25) is 9.89 Å². The number of nitrogens with zero attached hydrogens (tertiary/aromatic N) is 2. The van der Waals surface area contributed by atoms with Crippen LogP contribution in [0.3, 0.4) is 0 Å². The summed E-state index contributed by atoms with van der Waals surface area (Å²) in [5, 5.41) is 7.11. The van der Waals surface area contributed by atoms with Crippen LogP contribution in [0, 0.1) is 5.92 Å². The molecule has 2 heterocycles. The summed E-state index contributed by atoms with van der Waals surface area (Å²) < 4.78 is 11.6. The van der Waals surface area contributed by atoms with E-state index in [1.807, 2.05) is 19.2 Å². The molecule has 6 nitrogen and oxygen atoms in total. The lowest BCUT2D eigenvalue weighted by Crippen LogP contribution is -2.47. The van der Waals surface area contributed by atoms with Crippen LogP contribution in [0.1, 0.15) is 38.8 Å². The van der Waals surface area contributed by atoms with Crippen LogP contribution < -0.4 is 15.4 Å². The topological polar surface area (TPSA) is 58.1 Å². The van der Waals surface area contributed by atoms with Gasteiger partial charge in [-0.2, -0.15) is 0 Å². The van der Waals surface area contributed by atoms with Crippen molar-refractivity contribution in [2.24, 2.45) is 10.9 Å². The van der Waals surface area contributed by atoms with Crippen LogP contribution in [0.25, 0.3) is 0 Å². The zero-order valence-electron chi connectivity index (χ0n) is 17.5. The Morgan fingerprint density at radius 3 is 2.71 bits per heavy atom. The highest BCUT2D eigenvalue weighted by atomic mass is 127. The molecule has 1 aromatic carbocycles. The summed E-state index contributed by atoms with van der Waals surface area (Å²) in [6.07, 6.45) is 0.897. The number of fused-ring (bicyclic) bond motifs is 1. The number of aliphatic imine (C=N–C) groups is 1. The molecular formula is C21H35IN4O2. The molecular weight excluding hydrogens is 467 g/mol. The summed E-state index contributed by atoms with van der Waals surface area (Å²) in [5.74, 6) is 2.35. The van der Waals surface area contributed by atoms with Crippen molar-refractivity contribution in [3.05, 3.63) is 29.8 Å². The highest BCUT2D eigenvalue weighted by Gasteiger charge is 2.34. The molecule has 1 aromatic rings. The van der Waals surface area contributed by atoms with E-state index in [0.717, 1.165) is 57.5 Å². The number of benzene rings is 1. The van der Waals surface area contributed by atoms with Crippen molar-refractivity contribution in [2.75, 3.05) is 46.4 Å². The summed E-state index contributed by atoms with van der Waals surface area (Å²) in [7, 11) is 1.83. The zero-order valence-corrected chi connectivity index (χ0v) is 19.9. The monoisotopic (exact) mass is 502 g/mol. The Bertz CT molecular complexity index is 647. The molecule has 28 heavy (non-hydrogen) atoms. The lowest BCUT2D eigenvalue weighted by Gasteiger charge is -2.38. The van der Waals surface area contributed by atoms with Gasteiger partial charge in [-0.1, -0.05) is 25.1 Å². The van der Waals surface area contributed by atoms with E-state index in [1.165, 1.54) is 5.56 Å². The van der Waals surface area contributed by atoms with Gasteiger partial charge in [-0.15, -0.1) is 24.0 Å². The SMILES string of the molecule is CN=C(NCC(C)CN1CCOCC1)NC1CC(C)(C)Oc2ccccc21.I. The molecule has 0 saturated carbocycles. The molecule has 0 aromatic heterocycles. The average Bonchev–Trinajstić information content (AvgIpc) is 2.65. The summed E-state index contributed by atoms with van der Waals surface area (Å²) in [6, 6.07) is 8.46. The number of ether oxygens (including phenoxy) is 2. The number of halogens is 1. The molecule has 158 valence electrons. The van der Waals surface area contributed by atoms with Crippen LogP contribution >= 0.6 is 24.0 Å². The Labute approximate surface area is 186 Å². The van der Waals surface area contributed by atoms with Gasteiger partial charge in [-0.05, 0) is 25.8 Å². The van der Waals surface area contributed by atoms with E-state index in [1.54, 1.807) is 0 Å². The molecule has 3 rings (SSSR count). The van der Waals surface area contributed by atoms with Crippen molar-refractivity contribution >= 4 is 29.9 Å². The third-order valence-corrected chi connectivity index (χ3v) is 5.20. The predicted molar refractivity (Wildman–Crippen MR) is 125 cm³/mol. The molecule has 7 heteroatoms. The average molecular weight is 502 g/mol. The third kappa shape index (κ3) is 6.49. The Hall–Kier alpha value is -1.06. The van der Waals surface area contributed by atoms with Gasteiger partial charge in [0, 0.05) is 45.2 Å². The zero-order chi connectivity index (χ0) is 19.3. The van der Waals surface area contributed by atoms with Crippen LogP contribution in [-0.2, 0) is 4.74 Å². The first-order chi connectivity index (χ1) is 13.0. The maximum absolute atomic E-state index is 6.13. The van der Waals surface area contributed by atoms with Crippen LogP contribution in [0.5, 0.6) is 5.75 Å². The van der Waals surface area contributed by atoms with Gasteiger partial charge >= 0.3 is 0 Å². The first kappa shape index (κ1) is 23.2. The van der Waals surface area contributed by atoms with E-state index < -0.39 is 0 Å². The second-order valence-corrected chi connectivity index (χ2v) is 8.27. The van der Waals surface area contributed by atoms with E-state index in [-0.39, 0.29) is 35.6 Å². The third-order valence-electron chi connectivity index (χ3n) is 5.20. The summed E-state index contributed by atoms with van der Waals surface area (Å²) in [4.78, 5) is 6.92. The van der Waals surface area contributed by atoms with Gasteiger partial charge in [0.1, 0.15) is 11.4 Å². The molecule has 2 aliphatic rings. The highest BCUT2D eigenvalue weighted by Crippen LogP contribution is 2.39. The fourth-order valence-corrected chi connectivity index (χ4v) is 3.85. The largest absolute Gasteiger partial charge is 0.487 e. The molecule has 1 fully saturated rings. The number of morpholine rings is 1. The van der Waals surface area contributed by atoms with Crippen LogP contribution in [-0.4, -0.2) is 62.9 Å². The maximum atomic E-state index is 6.13. The van der Waals surface area contributed by atoms with E-state index in [9.17, 15) is 0 Å². The summed E-state index contributed by atoms with van der Waals surface area (Å²) in [6.45, 7) is 12.3. The summed E-state index contributed by atoms with van der Waals surface area (Å²) >= 11 is 0. The lowest BCUT2D eigenvalue weighted by molar-refractivity contribution is 0.0320. The second-order valence-electron chi connectivity index (χ2n) is 8.27. The normalized spacial score (nSPS) is 23.0. The minimum atomic E-state index is -0.200. The Morgan fingerprint density at radius 1 is 1.29 bits per heavy atom. The molecule has 1 saturated heterocycles. The molecule has 2 unspecified atom stereocenters. The van der Waals surface area contributed by atoms with E-state index >= 15 is 0 Å². The van der Waals surface area contributed by atoms with Crippen molar-refractivity contribution < 1.29 is 9.47 Å². The maximum Gasteiger partial charge on any atom is 0.191 e. The number of rotatable bonds is 5. The van der Waals surface area contributed by atoms with Gasteiger partial charge in [-0.25, -0.2) is 0 Å². The van der Waals surface area contributed by atoms with Crippen molar-refractivity contribution in [2.45, 2.75) is 38.8 Å². The van der Waals surface area contributed by atoms with Crippen LogP contribution in [0.2, 0.25) is 0 Å². The number of hydrogen-bond donors (Lipinski definition) is 2. The van der Waals surface area contributed by atoms with Gasteiger partial charge in [0.15, 0.2) is 5.96 Å². The van der Waals surface area contributed by atoms with E-state index in [0.29, 0.717) is 5.92 Å². The first-order valence-electron chi connectivity index (χ1n) is 10.0. The second kappa shape index (κ2) is 10.6. The Balaban J connectivity index is 0.00000280. The molecule has 2 atom stereocenters. The van der Waals surface area contributed by atoms with Gasteiger partial charge in [0.25, 0.3) is 0 Å². The predicted octanol–water partition coefficient (Wildman–Crippen LogP) is 3.04. The van der Waals surface area contributed by atoms with Gasteiger partial charge < -0.3 is 20.1 Å². The van der Waals surface area contributed by atoms with E-state index in [2.05, 4.69) is 53.4 Å². The number of nitrogens with one attached hydrogen (secondary N) is 2. The summed E-state index contributed by atoms with van der Waals surface area (Å²) in [5.41, 5.74) is 0.996. The first-order valence-corrected chi connectivity index (χ1v) is 10.0. The van der Waals surface area contributed by atoms with Crippen molar-refractivity contribution in [3.63, 3.8) is 0 Å². The minimum absolute atomic E-state index is 0. The molecule has 2 aliphatic heterocycles. The Kier molecular flexibility index (Phi) is 8.82. The van der Waals surface area contributed by atoms with Crippen molar-refractivity contribution in [1.29, 1.82) is 0 Å². The molecule has 0 bridgehead atoms. The molecule has 2 N–H and O–H groups in total. The molecule has 0 radical (unpaired) electrons. The van der Waals surface area contributed by atoms with Gasteiger partial charge in [0.05, 0.1) is 19.3 Å². The fourth-order valence-electron chi connectivity index (χ4n) is 3.85. The smallest absolute Gasteiger partial charge is 0.191 e. The number of para-hydroxylation sites is 1. The Morgan fingerprint density at radius 2 is 2.00 bits per heavy atom. The molecule has 0 spiro atoms. The van der Waals surface area contributed by atoms with Gasteiger partial charge in [0.2, 0.25) is 0 Å². The quantitative estimate of drug-likeness (QED) is 0.369. The minimum Gasteiger partial charge on any atom is -0.487 e. The van der Waals surface area contributed by atoms with Crippen molar-refractivity contribution in [3.8, 4) is 5.75 Å². The number of guanidine groups is 1. The van der Waals surface area contributed by atoms with Crippen molar-refractivity contribution in [1.82, 2.24) is 15.5 Å².